The van der Waals surface area contributed by atoms with E-state index in [0.717, 1.165) is 0 Å². The van der Waals surface area contributed by atoms with E-state index in [4.69, 9.17) is 36.8 Å². The first-order valence-electron chi connectivity index (χ1n) is 0.456. The van der Waals surface area contributed by atoms with Gasteiger partial charge in [-0.05, 0) is 0 Å². The number of hydrogen-bond donors (Lipinski definition) is 0. The van der Waals surface area contributed by atoms with Crippen LogP contribution in [0.4, 0.5) is 0 Å². The van der Waals surface area contributed by atoms with Gasteiger partial charge in [0.2, 0.25) is 0 Å². The fraction of sp³-hybridized carbons (Fsp3) is 0. The second-order valence-corrected chi connectivity index (χ2v) is 19.0. The van der Waals surface area contributed by atoms with Crippen molar-refractivity contribution in [3.63, 3.8) is 0 Å². The summed E-state index contributed by atoms with van der Waals surface area (Å²) in [6.07, 6.45) is 0. The van der Waals surface area contributed by atoms with Gasteiger partial charge in [0, 0.05) is 29.6 Å². The molecule has 0 heterocycles. The molecule has 0 spiro atoms. The summed E-state index contributed by atoms with van der Waals surface area (Å²) in [6, 6.07) is 0. The van der Waals surface area contributed by atoms with Crippen LogP contribution in [0, 0.1) is 0 Å². The molecule has 0 fully saturated rings. The van der Waals surface area contributed by atoms with Crippen LogP contribution in [0.1, 0.15) is 0 Å². The maximum absolute atomic E-state index is 5.00. The normalized spacial score (nSPS) is 9.50. The Kier molecular flexibility index (Phi) is 27.5. The van der Waals surface area contributed by atoms with Gasteiger partial charge in [0.1, 0.15) is 0 Å². The van der Waals surface area contributed by atoms with Crippen LogP contribution < -0.4 is 0 Å². The molecule has 0 unspecified atom stereocenters. The second kappa shape index (κ2) is 9.82. The SMILES string of the molecule is O.O.[Cl][Au]([Cl])([Cl])[Cl].[Na]. The zero-order valence-corrected chi connectivity index (χ0v) is 11.0. The van der Waals surface area contributed by atoms with Crippen molar-refractivity contribution in [1.29, 1.82) is 0 Å². The van der Waals surface area contributed by atoms with Gasteiger partial charge in [0.15, 0.2) is 0 Å². The molecule has 0 saturated carbocycles. The van der Waals surface area contributed by atoms with Crippen molar-refractivity contribution in [2.75, 3.05) is 0 Å². The van der Waals surface area contributed by atoms with Gasteiger partial charge in [0.25, 0.3) is 0 Å². The van der Waals surface area contributed by atoms with Crippen LogP contribution in [0.25, 0.3) is 0 Å². The minimum Gasteiger partial charge on any atom is 0 e. The Labute approximate surface area is 88.5 Å². The van der Waals surface area contributed by atoms with Crippen LogP contribution in [-0.4, -0.2) is 40.5 Å². The third-order valence-electron chi connectivity index (χ3n) is 0. The Morgan fingerprint density at radius 2 is 0.750 bits per heavy atom. The summed E-state index contributed by atoms with van der Waals surface area (Å²) in [5.41, 5.74) is 0. The van der Waals surface area contributed by atoms with Crippen LogP contribution in [0.15, 0.2) is 0 Å². The topological polar surface area (TPSA) is 63.0 Å². The van der Waals surface area contributed by atoms with Crippen LogP contribution >= 0.6 is 36.8 Å². The zero-order valence-electron chi connectivity index (χ0n) is 3.81. The van der Waals surface area contributed by atoms with E-state index in [2.05, 4.69) is 0 Å². The van der Waals surface area contributed by atoms with Crippen molar-refractivity contribution in [1.82, 2.24) is 0 Å². The van der Waals surface area contributed by atoms with Gasteiger partial charge in [-0.2, -0.15) is 0 Å². The molecule has 8 heteroatoms. The first-order chi connectivity index (χ1) is 2.00. The summed E-state index contributed by atoms with van der Waals surface area (Å²) in [5, 5.41) is 0. The number of rotatable bonds is 0. The van der Waals surface area contributed by atoms with E-state index in [-0.39, 0.29) is 40.5 Å². The second-order valence-electron chi connectivity index (χ2n) is 0.258. The summed E-state index contributed by atoms with van der Waals surface area (Å²) in [6.45, 7) is 0. The van der Waals surface area contributed by atoms with Gasteiger partial charge in [0.05, 0.1) is 0 Å². The zero-order chi connectivity index (χ0) is 4.50. The third kappa shape index (κ3) is 67.8. The minimum absolute atomic E-state index is 0. The first-order valence-corrected chi connectivity index (χ1v) is 11.2. The molecule has 1 radical (unpaired) electrons. The molecule has 0 amide bonds. The average Bonchev–Trinajstić information content (AvgIpc) is 0.722. The Hall–Kier alpha value is 2.82. The van der Waals surface area contributed by atoms with Crippen molar-refractivity contribution in [2.45, 2.75) is 0 Å². The van der Waals surface area contributed by atoms with Gasteiger partial charge in [-0.25, -0.2) is 0 Å². The van der Waals surface area contributed by atoms with Crippen LogP contribution in [0.5, 0.6) is 0 Å². The maximum atomic E-state index is 5.00. The van der Waals surface area contributed by atoms with E-state index in [1.807, 2.05) is 0 Å². The summed E-state index contributed by atoms with van der Waals surface area (Å²) < 4.78 is 0. The molecular weight excluding hydrogens is 394 g/mol. The van der Waals surface area contributed by atoms with Crippen LogP contribution in [-0.2, 0) is 12.8 Å². The molecule has 0 aliphatic rings. The predicted molar refractivity (Wildman–Crippen MR) is 36.4 cm³/mol. The van der Waals surface area contributed by atoms with Crippen LogP contribution in [0.2, 0.25) is 0 Å². The fourth-order valence-electron chi connectivity index (χ4n) is 0. The van der Waals surface area contributed by atoms with Crippen molar-refractivity contribution in [2.24, 2.45) is 0 Å². The Bertz CT molecular complexity index is 29.5. The van der Waals surface area contributed by atoms with Crippen molar-refractivity contribution >= 4 is 66.3 Å². The standard InChI is InChI=1S/Au.4ClH.Na.2H2O/h;4*1H;;2*1H2/q+4;;;;;;;/p-4. The van der Waals surface area contributed by atoms with Crippen molar-refractivity contribution in [3.05, 3.63) is 0 Å². The Morgan fingerprint density at radius 3 is 0.750 bits per heavy atom. The van der Waals surface area contributed by atoms with E-state index >= 15 is 0 Å². The summed E-state index contributed by atoms with van der Waals surface area (Å²) in [4.78, 5) is 0. The molecule has 0 aromatic rings. The van der Waals surface area contributed by atoms with E-state index < -0.39 is 12.8 Å². The van der Waals surface area contributed by atoms with E-state index in [1.165, 1.54) is 0 Å². The van der Waals surface area contributed by atoms with Gasteiger partial charge in [-0.1, -0.05) is 0 Å². The molecule has 0 bridgehead atoms. The number of halogens is 4. The average molecular weight is 398 g/mol. The Balaban J connectivity index is -0.0000000267. The molecule has 0 aromatic carbocycles. The van der Waals surface area contributed by atoms with Crippen molar-refractivity contribution in [3.8, 4) is 0 Å². The van der Waals surface area contributed by atoms with Gasteiger partial charge in [-0.15, -0.1) is 0 Å². The quantitative estimate of drug-likeness (QED) is 0.541. The van der Waals surface area contributed by atoms with Gasteiger partial charge < -0.3 is 11.0 Å². The molecule has 0 aliphatic carbocycles. The fourth-order valence-corrected chi connectivity index (χ4v) is 0. The molecular formula is H4AuCl4NaO2. The molecule has 56 valence electrons. The third-order valence-corrected chi connectivity index (χ3v) is 0. The Morgan fingerprint density at radius 1 is 0.750 bits per heavy atom. The van der Waals surface area contributed by atoms with Crippen molar-refractivity contribution < 1.29 is 23.8 Å². The number of hydrogen-bond acceptors (Lipinski definition) is 0. The van der Waals surface area contributed by atoms with E-state index in [0.29, 0.717) is 0 Å². The molecule has 2 nitrogen and oxygen atoms in total. The molecule has 4 N–H and O–H groups in total. The molecule has 0 aromatic heterocycles. The first kappa shape index (κ1) is 22.4. The minimum atomic E-state index is -3.00. The monoisotopic (exact) mass is 396 g/mol. The summed E-state index contributed by atoms with van der Waals surface area (Å²) in [5.74, 6) is 0. The molecule has 0 saturated heterocycles. The predicted octanol–water partition coefficient (Wildman–Crippen LogP) is 0.725. The van der Waals surface area contributed by atoms with E-state index in [9.17, 15) is 0 Å². The smallest absolute Gasteiger partial charge is 0 e. The van der Waals surface area contributed by atoms with Crippen LogP contribution in [0.3, 0.4) is 0 Å². The molecule has 0 rings (SSSR count). The molecule has 0 aliphatic heterocycles. The largest absolute Gasteiger partial charge is 0 e. The molecule has 8 heavy (non-hydrogen) atoms. The van der Waals surface area contributed by atoms with Gasteiger partial charge >= 0.3 is 49.6 Å². The van der Waals surface area contributed by atoms with E-state index in [1.54, 1.807) is 0 Å². The summed E-state index contributed by atoms with van der Waals surface area (Å²) >= 11 is -3.00. The van der Waals surface area contributed by atoms with Gasteiger partial charge in [-0.3, -0.25) is 0 Å². The molecule has 0 atom stereocenters. The maximum Gasteiger partial charge on any atom is 0 e. The summed E-state index contributed by atoms with van der Waals surface area (Å²) in [7, 11) is 20.0.